The quantitative estimate of drug-likeness (QED) is 0.206. The lowest BCUT2D eigenvalue weighted by Crippen LogP contribution is -2.33. The molecule has 3 heterocycles. The van der Waals surface area contributed by atoms with Crippen LogP contribution in [0.2, 0.25) is 0 Å². The summed E-state index contributed by atoms with van der Waals surface area (Å²) in [5, 5.41) is 11.5. The summed E-state index contributed by atoms with van der Waals surface area (Å²) in [5.74, 6) is -2.16. The van der Waals surface area contributed by atoms with E-state index < -0.39 is 23.7 Å². The second-order valence-corrected chi connectivity index (χ2v) is 8.96. The van der Waals surface area contributed by atoms with Crippen LogP contribution in [0.4, 0.5) is 0 Å². The van der Waals surface area contributed by atoms with Crippen LogP contribution in [0.5, 0.6) is 0 Å². The first-order valence-corrected chi connectivity index (χ1v) is 12.4. The van der Waals surface area contributed by atoms with Crippen molar-refractivity contribution in [3.8, 4) is 0 Å². The second kappa shape index (κ2) is 11.0. The number of hydrogen-bond donors (Lipinski definition) is 1. The van der Waals surface area contributed by atoms with Gasteiger partial charge in [0.15, 0.2) is 5.76 Å². The second-order valence-electron chi connectivity index (χ2n) is 8.96. The van der Waals surface area contributed by atoms with Gasteiger partial charge in [-0.25, -0.2) is 9.78 Å². The number of carbonyl (C=O) groups excluding carboxylic acids is 3. The number of pyridine rings is 1. The van der Waals surface area contributed by atoms with Crippen LogP contribution in [0.3, 0.4) is 0 Å². The van der Waals surface area contributed by atoms with E-state index in [4.69, 9.17) is 4.74 Å². The molecule has 0 saturated carbocycles. The van der Waals surface area contributed by atoms with E-state index in [-0.39, 0.29) is 11.3 Å². The van der Waals surface area contributed by atoms with E-state index in [0.717, 1.165) is 19.6 Å². The SMILES string of the molecule is CCN(CC)CCCN1C(=O)C(=O)C(=C(O)c2c(C)nc3ccccn23)[C@@H]1c1ccc(C(=O)OC)cc1. The Morgan fingerprint density at radius 3 is 2.46 bits per heavy atom. The molecule has 1 atom stereocenters. The number of aliphatic hydroxyl groups is 1. The Kier molecular flexibility index (Phi) is 7.73. The molecule has 1 fully saturated rings. The number of aryl methyl sites for hydroxylation is 1. The first-order chi connectivity index (χ1) is 17.8. The van der Waals surface area contributed by atoms with Crippen LogP contribution < -0.4 is 0 Å². The number of fused-ring (bicyclic) bond motifs is 1. The third-order valence-electron chi connectivity index (χ3n) is 6.88. The van der Waals surface area contributed by atoms with Crippen LogP contribution in [0, 0.1) is 6.92 Å². The third kappa shape index (κ3) is 4.86. The number of ether oxygens (including phenoxy) is 1. The maximum atomic E-state index is 13.4. The van der Waals surface area contributed by atoms with Gasteiger partial charge in [0.2, 0.25) is 0 Å². The summed E-state index contributed by atoms with van der Waals surface area (Å²) >= 11 is 0. The molecule has 9 nitrogen and oxygen atoms in total. The molecule has 1 N–H and O–H groups in total. The maximum absolute atomic E-state index is 13.4. The Morgan fingerprint density at radius 1 is 1.11 bits per heavy atom. The number of esters is 1. The smallest absolute Gasteiger partial charge is 0.337 e. The van der Waals surface area contributed by atoms with Gasteiger partial charge in [-0.1, -0.05) is 32.0 Å². The molecule has 0 aliphatic carbocycles. The van der Waals surface area contributed by atoms with Crippen molar-refractivity contribution >= 4 is 29.1 Å². The zero-order chi connectivity index (χ0) is 26.7. The molecule has 9 heteroatoms. The van der Waals surface area contributed by atoms with Crippen LogP contribution in [0.15, 0.2) is 54.2 Å². The van der Waals surface area contributed by atoms with Crippen molar-refractivity contribution in [1.29, 1.82) is 0 Å². The summed E-state index contributed by atoms with van der Waals surface area (Å²) in [4.78, 5) is 46.9. The molecule has 1 aliphatic rings. The fraction of sp³-hybridized carbons (Fsp3) is 0.357. The number of aliphatic hydroxyl groups excluding tert-OH is 1. The first kappa shape index (κ1) is 26.1. The summed E-state index contributed by atoms with van der Waals surface area (Å²) in [6.07, 6.45) is 2.42. The Bertz CT molecular complexity index is 1350. The van der Waals surface area contributed by atoms with Crippen molar-refractivity contribution in [2.75, 3.05) is 33.3 Å². The van der Waals surface area contributed by atoms with E-state index in [1.54, 1.807) is 53.9 Å². The number of likely N-dealkylation sites (tertiary alicyclic amines) is 1. The van der Waals surface area contributed by atoms with Crippen LogP contribution in [-0.2, 0) is 14.3 Å². The van der Waals surface area contributed by atoms with Gasteiger partial charge in [0.05, 0.1) is 30.0 Å². The van der Waals surface area contributed by atoms with Crippen LogP contribution >= 0.6 is 0 Å². The Labute approximate surface area is 216 Å². The predicted molar refractivity (Wildman–Crippen MR) is 139 cm³/mol. The van der Waals surface area contributed by atoms with Crippen molar-refractivity contribution in [3.63, 3.8) is 0 Å². The molecule has 194 valence electrons. The number of rotatable bonds is 9. The monoisotopic (exact) mass is 504 g/mol. The third-order valence-corrected chi connectivity index (χ3v) is 6.88. The van der Waals surface area contributed by atoms with Gasteiger partial charge >= 0.3 is 5.97 Å². The molecule has 0 radical (unpaired) electrons. The number of aromatic nitrogens is 2. The topological polar surface area (TPSA) is 104 Å². The molecule has 37 heavy (non-hydrogen) atoms. The molecule has 1 amide bonds. The predicted octanol–water partition coefficient (Wildman–Crippen LogP) is 3.58. The molecule has 0 bridgehead atoms. The van der Waals surface area contributed by atoms with E-state index in [0.29, 0.717) is 41.1 Å². The van der Waals surface area contributed by atoms with Gasteiger partial charge < -0.3 is 19.6 Å². The van der Waals surface area contributed by atoms with Gasteiger partial charge in [-0.15, -0.1) is 0 Å². The fourth-order valence-corrected chi connectivity index (χ4v) is 4.91. The van der Waals surface area contributed by atoms with Crippen molar-refractivity contribution in [3.05, 3.63) is 76.7 Å². The maximum Gasteiger partial charge on any atom is 0.337 e. The highest BCUT2D eigenvalue weighted by molar-refractivity contribution is 6.46. The van der Waals surface area contributed by atoms with Crippen LogP contribution in [-0.4, -0.2) is 75.2 Å². The molecule has 0 unspecified atom stereocenters. The van der Waals surface area contributed by atoms with E-state index in [9.17, 15) is 19.5 Å². The molecule has 1 aromatic carbocycles. The highest BCUT2D eigenvalue weighted by atomic mass is 16.5. The average molecular weight is 505 g/mol. The van der Waals surface area contributed by atoms with Gasteiger partial charge in [-0.3, -0.25) is 14.0 Å². The zero-order valence-electron chi connectivity index (χ0n) is 21.6. The minimum Gasteiger partial charge on any atom is -0.505 e. The molecular formula is C28H32N4O5. The Hall–Kier alpha value is -3.98. The van der Waals surface area contributed by atoms with E-state index in [2.05, 4.69) is 23.7 Å². The number of carbonyl (C=O) groups is 3. The standard InChI is InChI=1S/C28H32N4O5/c1-5-30(6-2)15-9-17-32-24(19-11-13-20(14-12-19)28(36)37-4)22(26(34)27(32)35)25(33)23-18(3)29-21-10-7-8-16-31(21)23/h7-8,10-14,16,24,33H,5-6,9,15,17H2,1-4H3/t24-/m0/s1. The lowest BCUT2D eigenvalue weighted by molar-refractivity contribution is -0.140. The Morgan fingerprint density at radius 2 is 1.81 bits per heavy atom. The molecule has 3 aromatic rings. The Balaban J connectivity index is 1.82. The van der Waals surface area contributed by atoms with E-state index in [1.807, 2.05) is 6.07 Å². The van der Waals surface area contributed by atoms with Gasteiger partial charge in [0, 0.05) is 12.7 Å². The molecule has 1 aliphatic heterocycles. The minimum absolute atomic E-state index is 0.00686. The normalized spacial score (nSPS) is 17.2. The lowest BCUT2D eigenvalue weighted by Gasteiger charge is -2.27. The molecule has 4 rings (SSSR count). The summed E-state index contributed by atoms with van der Waals surface area (Å²) in [5.41, 5.74) is 2.50. The number of amides is 1. The van der Waals surface area contributed by atoms with Crippen LogP contribution in [0.1, 0.15) is 53.6 Å². The van der Waals surface area contributed by atoms with Crippen LogP contribution in [0.25, 0.3) is 11.4 Å². The first-order valence-electron chi connectivity index (χ1n) is 12.4. The summed E-state index contributed by atoms with van der Waals surface area (Å²) in [7, 11) is 1.30. The van der Waals surface area contributed by atoms with Crippen molar-refractivity contribution in [1.82, 2.24) is 19.2 Å². The molecular weight excluding hydrogens is 472 g/mol. The largest absolute Gasteiger partial charge is 0.505 e. The lowest BCUT2D eigenvalue weighted by atomic mass is 9.95. The minimum atomic E-state index is -0.808. The van der Waals surface area contributed by atoms with Crippen molar-refractivity contribution in [2.24, 2.45) is 0 Å². The van der Waals surface area contributed by atoms with Crippen molar-refractivity contribution in [2.45, 2.75) is 33.2 Å². The van der Waals surface area contributed by atoms with E-state index >= 15 is 0 Å². The zero-order valence-corrected chi connectivity index (χ0v) is 21.6. The number of Topliss-reactive ketones (excluding diaryl/α,β-unsaturated/α-hetero) is 1. The van der Waals surface area contributed by atoms with Gasteiger partial charge in [-0.05, 0) is 62.8 Å². The number of ketones is 1. The van der Waals surface area contributed by atoms with E-state index in [1.165, 1.54) is 12.0 Å². The number of methoxy groups -OCH3 is 1. The number of imidazole rings is 1. The van der Waals surface area contributed by atoms with Gasteiger partial charge in [-0.2, -0.15) is 0 Å². The summed E-state index contributed by atoms with van der Waals surface area (Å²) < 4.78 is 6.50. The fourth-order valence-electron chi connectivity index (χ4n) is 4.91. The highest BCUT2D eigenvalue weighted by Crippen LogP contribution is 2.40. The van der Waals surface area contributed by atoms with Crippen molar-refractivity contribution < 1.29 is 24.2 Å². The summed E-state index contributed by atoms with van der Waals surface area (Å²) in [6.45, 7) is 8.81. The summed E-state index contributed by atoms with van der Waals surface area (Å²) in [6, 6.07) is 11.2. The van der Waals surface area contributed by atoms with Gasteiger partial charge in [0.1, 0.15) is 11.3 Å². The number of nitrogens with zero attached hydrogens (tertiary/aromatic N) is 4. The molecule has 1 saturated heterocycles. The average Bonchev–Trinajstić information content (AvgIpc) is 3.38. The highest BCUT2D eigenvalue weighted by Gasteiger charge is 2.46. The number of hydrogen-bond acceptors (Lipinski definition) is 7. The number of benzene rings is 1. The molecule has 0 spiro atoms. The van der Waals surface area contributed by atoms with Gasteiger partial charge in [0.25, 0.3) is 11.7 Å². The molecule has 2 aromatic heterocycles.